The van der Waals surface area contributed by atoms with Crippen LogP contribution in [0.2, 0.25) is 0 Å². The standard InChI is InChI=1S/C11H21N3O/c1-5-6-14-10(12)13-7-11(14,8-15-4)9(2)3/h5,9H,1,6-8H2,2-4H3,(H2,12,13). The van der Waals surface area contributed by atoms with Crippen LogP contribution in [0.4, 0.5) is 0 Å². The van der Waals surface area contributed by atoms with Crippen LogP contribution in [0.15, 0.2) is 17.6 Å². The van der Waals surface area contributed by atoms with Gasteiger partial charge in [-0.1, -0.05) is 19.9 Å². The number of nitrogens with two attached hydrogens (primary N) is 1. The van der Waals surface area contributed by atoms with E-state index in [9.17, 15) is 0 Å². The summed E-state index contributed by atoms with van der Waals surface area (Å²) in [5, 5.41) is 0. The van der Waals surface area contributed by atoms with Crippen molar-refractivity contribution in [3.63, 3.8) is 0 Å². The molecule has 2 N–H and O–H groups in total. The molecular formula is C11H21N3O. The molecule has 4 heteroatoms. The summed E-state index contributed by atoms with van der Waals surface area (Å²) >= 11 is 0. The van der Waals surface area contributed by atoms with E-state index in [2.05, 4.69) is 30.3 Å². The smallest absolute Gasteiger partial charge is 0.192 e. The van der Waals surface area contributed by atoms with E-state index in [1.807, 2.05) is 6.08 Å². The van der Waals surface area contributed by atoms with Gasteiger partial charge in [-0.15, -0.1) is 6.58 Å². The van der Waals surface area contributed by atoms with Gasteiger partial charge in [-0.2, -0.15) is 0 Å². The molecule has 0 saturated heterocycles. The van der Waals surface area contributed by atoms with Crippen LogP contribution in [-0.2, 0) is 4.74 Å². The maximum atomic E-state index is 5.88. The summed E-state index contributed by atoms with van der Waals surface area (Å²) in [6.07, 6.45) is 1.85. The lowest BCUT2D eigenvalue weighted by atomic mass is 9.86. The summed E-state index contributed by atoms with van der Waals surface area (Å²) < 4.78 is 5.31. The van der Waals surface area contributed by atoms with Crippen LogP contribution in [0.3, 0.4) is 0 Å². The number of nitrogens with zero attached hydrogens (tertiary/aromatic N) is 2. The second-order valence-electron chi connectivity index (χ2n) is 4.26. The van der Waals surface area contributed by atoms with Crippen LogP contribution in [-0.4, -0.2) is 43.2 Å². The number of hydrogen-bond donors (Lipinski definition) is 1. The van der Waals surface area contributed by atoms with E-state index in [-0.39, 0.29) is 5.54 Å². The van der Waals surface area contributed by atoms with E-state index in [0.717, 1.165) is 6.54 Å². The monoisotopic (exact) mass is 211 g/mol. The van der Waals surface area contributed by atoms with Crippen LogP contribution >= 0.6 is 0 Å². The lowest BCUT2D eigenvalue weighted by molar-refractivity contribution is 0.0392. The van der Waals surface area contributed by atoms with E-state index in [4.69, 9.17) is 10.5 Å². The second-order valence-corrected chi connectivity index (χ2v) is 4.26. The summed E-state index contributed by atoms with van der Waals surface area (Å²) in [5.74, 6) is 1.03. The summed E-state index contributed by atoms with van der Waals surface area (Å²) in [6, 6.07) is 0. The van der Waals surface area contributed by atoms with Crippen LogP contribution in [0.1, 0.15) is 13.8 Å². The minimum absolute atomic E-state index is 0.104. The van der Waals surface area contributed by atoms with Crippen molar-refractivity contribution in [1.82, 2.24) is 4.90 Å². The van der Waals surface area contributed by atoms with Gasteiger partial charge in [-0.05, 0) is 5.92 Å². The third-order valence-corrected chi connectivity index (χ3v) is 3.11. The molecule has 0 aliphatic carbocycles. The highest BCUT2D eigenvalue weighted by molar-refractivity contribution is 5.81. The van der Waals surface area contributed by atoms with Gasteiger partial charge < -0.3 is 15.4 Å². The van der Waals surface area contributed by atoms with E-state index < -0.39 is 0 Å². The van der Waals surface area contributed by atoms with Gasteiger partial charge in [0, 0.05) is 13.7 Å². The fourth-order valence-electron chi connectivity index (χ4n) is 2.06. The van der Waals surface area contributed by atoms with Crippen molar-refractivity contribution in [2.75, 3.05) is 26.8 Å². The third-order valence-electron chi connectivity index (χ3n) is 3.11. The van der Waals surface area contributed by atoms with Crippen LogP contribution in [0.5, 0.6) is 0 Å². The first kappa shape index (κ1) is 12.0. The summed E-state index contributed by atoms with van der Waals surface area (Å²) in [5.41, 5.74) is 5.78. The first-order valence-corrected chi connectivity index (χ1v) is 5.26. The molecule has 86 valence electrons. The second kappa shape index (κ2) is 4.66. The molecule has 0 radical (unpaired) electrons. The van der Waals surface area contributed by atoms with Crippen LogP contribution < -0.4 is 5.73 Å². The number of guanidine groups is 1. The molecule has 0 saturated carbocycles. The van der Waals surface area contributed by atoms with Gasteiger partial charge in [0.25, 0.3) is 0 Å². The molecule has 1 aliphatic heterocycles. The number of methoxy groups -OCH3 is 1. The molecular weight excluding hydrogens is 190 g/mol. The van der Waals surface area contributed by atoms with Crippen molar-refractivity contribution in [2.45, 2.75) is 19.4 Å². The Morgan fingerprint density at radius 2 is 2.40 bits per heavy atom. The highest BCUT2D eigenvalue weighted by atomic mass is 16.5. The zero-order valence-corrected chi connectivity index (χ0v) is 9.86. The van der Waals surface area contributed by atoms with E-state index >= 15 is 0 Å². The van der Waals surface area contributed by atoms with Crippen LogP contribution in [0, 0.1) is 5.92 Å². The number of hydrogen-bond acceptors (Lipinski definition) is 4. The molecule has 1 rings (SSSR count). The molecule has 0 fully saturated rings. The topological polar surface area (TPSA) is 50.8 Å². The maximum absolute atomic E-state index is 5.88. The van der Waals surface area contributed by atoms with Crippen molar-refractivity contribution in [3.05, 3.63) is 12.7 Å². The predicted molar refractivity (Wildman–Crippen MR) is 62.8 cm³/mol. The van der Waals surface area contributed by atoms with Crippen LogP contribution in [0.25, 0.3) is 0 Å². The predicted octanol–water partition coefficient (Wildman–Crippen LogP) is 0.844. The molecule has 0 bridgehead atoms. The van der Waals surface area contributed by atoms with E-state index in [0.29, 0.717) is 25.0 Å². The van der Waals surface area contributed by atoms with Gasteiger partial charge in [-0.3, -0.25) is 4.99 Å². The van der Waals surface area contributed by atoms with Crippen molar-refractivity contribution in [1.29, 1.82) is 0 Å². The largest absolute Gasteiger partial charge is 0.382 e. The number of ether oxygens (including phenoxy) is 1. The molecule has 0 aromatic rings. The van der Waals surface area contributed by atoms with Gasteiger partial charge in [0.2, 0.25) is 0 Å². The Bertz CT molecular complexity index is 263. The molecule has 4 nitrogen and oxygen atoms in total. The molecule has 0 spiro atoms. The van der Waals surface area contributed by atoms with E-state index in [1.165, 1.54) is 0 Å². The Morgan fingerprint density at radius 3 is 2.87 bits per heavy atom. The fraction of sp³-hybridized carbons (Fsp3) is 0.727. The molecule has 1 heterocycles. The zero-order valence-electron chi connectivity index (χ0n) is 9.86. The van der Waals surface area contributed by atoms with Gasteiger partial charge >= 0.3 is 0 Å². The fourth-order valence-corrected chi connectivity index (χ4v) is 2.06. The minimum Gasteiger partial charge on any atom is -0.382 e. The Labute approximate surface area is 91.8 Å². The lowest BCUT2D eigenvalue weighted by Crippen LogP contribution is -2.57. The number of rotatable bonds is 5. The van der Waals surface area contributed by atoms with Gasteiger partial charge in [-0.25, -0.2) is 0 Å². The molecule has 1 atom stereocenters. The summed E-state index contributed by atoms with van der Waals surface area (Å²) in [4.78, 5) is 6.41. The maximum Gasteiger partial charge on any atom is 0.192 e. The van der Waals surface area contributed by atoms with E-state index in [1.54, 1.807) is 7.11 Å². The van der Waals surface area contributed by atoms with Gasteiger partial charge in [0.1, 0.15) is 0 Å². The lowest BCUT2D eigenvalue weighted by Gasteiger charge is -2.41. The van der Waals surface area contributed by atoms with Crippen molar-refractivity contribution in [2.24, 2.45) is 16.6 Å². The Morgan fingerprint density at radius 1 is 1.73 bits per heavy atom. The average Bonchev–Trinajstić information content (AvgIpc) is 2.48. The third kappa shape index (κ3) is 2.00. The Balaban J connectivity index is 2.92. The number of aliphatic imine (C=N–C) groups is 1. The minimum atomic E-state index is -0.104. The molecule has 15 heavy (non-hydrogen) atoms. The SMILES string of the molecule is C=CCN1C(N)=NCC1(COC)C(C)C. The molecule has 1 unspecified atom stereocenters. The van der Waals surface area contributed by atoms with Crippen molar-refractivity contribution < 1.29 is 4.74 Å². The zero-order chi connectivity index (χ0) is 11.5. The summed E-state index contributed by atoms with van der Waals surface area (Å²) in [7, 11) is 1.71. The summed E-state index contributed by atoms with van der Waals surface area (Å²) in [6.45, 7) is 10.2. The quantitative estimate of drug-likeness (QED) is 0.686. The molecule has 1 aliphatic rings. The first-order chi connectivity index (χ1) is 7.08. The highest BCUT2D eigenvalue weighted by Gasteiger charge is 2.44. The Hall–Kier alpha value is -1.03. The average molecular weight is 211 g/mol. The Kier molecular flexibility index (Phi) is 3.74. The highest BCUT2D eigenvalue weighted by Crippen LogP contribution is 2.30. The van der Waals surface area contributed by atoms with Gasteiger partial charge in [0.15, 0.2) is 5.96 Å². The van der Waals surface area contributed by atoms with Gasteiger partial charge in [0.05, 0.1) is 18.7 Å². The van der Waals surface area contributed by atoms with Crippen molar-refractivity contribution >= 4 is 5.96 Å². The first-order valence-electron chi connectivity index (χ1n) is 5.26. The van der Waals surface area contributed by atoms with Crippen molar-refractivity contribution in [3.8, 4) is 0 Å². The molecule has 0 aromatic carbocycles. The molecule has 0 amide bonds. The normalized spacial score (nSPS) is 25.9. The molecule has 0 aromatic heterocycles.